The van der Waals surface area contributed by atoms with Crippen LogP contribution in [-0.4, -0.2) is 11.7 Å². The molecular weight excluding hydrogens is 136 g/mol. The fraction of sp³-hybridized carbons (Fsp3) is 0.400. The average molecular weight is 148 g/mol. The topological polar surface area (TPSA) is 12.5 Å². The van der Waals surface area contributed by atoms with Gasteiger partial charge in [-0.25, -0.2) is 0 Å². The zero-order valence-electron chi connectivity index (χ0n) is 6.66. The standard InChI is InChI=1S/C10H12O/c1-2-3-7-10-8-5-4-6-9(10)11-10/h2-6,8-9H,7H2,1H3. The molecule has 1 aliphatic carbocycles. The molecule has 11 heavy (non-hydrogen) atoms. The molecular formula is C10H12O. The van der Waals surface area contributed by atoms with Crippen molar-refractivity contribution < 1.29 is 4.74 Å². The third kappa shape index (κ3) is 1.05. The summed E-state index contributed by atoms with van der Waals surface area (Å²) in [5, 5.41) is 0. The molecule has 1 aliphatic heterocycles. The molecule has 1 heteroatoms. The quantitative estimate of drug-likeness (QED) is 0.432. The zero-order chi connectivity index (χ0) is 7.73. The maximum atomic E-state index is 5.54. The molecule has 1 fully saturated rings. The molecule has 0 radical (unpaired) electrons. The van der Waals surface area contributed by atoms with E-state index in [-0.39, 0.29) is 5.60 Å². The van der Waals surface area contributed by atoms with Crippen LogP contribution in [-0.2, 0) is 4.74 Å². The fourth-order valence-corrected chi connectivity index (χ4v) is 1.46. The van der Waals surface area contributed by atoms with Gasteiger partial charge in [0.1, 0.15) is 11.7 Å². The number of fused-ring (bicyclic) bond motifs is 1. The summed E-state index contributed by atoms with van der Waals surface area (Å²) >= 11 is 0. The van der Waals surface area contributed by atoms with Crippen LogP contribution in [0.4, 0.5) is 0 Å². The zero-order valence-corrected chi connectivity index (χ0v) is 6.66. The first-order valence-corrected chi connectivity index (χ1v) is 4.02. The second kappa shape index (κ2) is 2.35. The molecule has 2 aliphatic rings. The summed E-state index contributed by atoms with van der Waals surface area (Å²) < 4.78 is 5.54. The predicted molar refractivity (Wildman–Crippen MR) is 45.3 cm³/mol. The molecule has 0 N–H and O–H groups in total. The van der Waals surface area contributed by atoms with Crippen molar-refractivity contribution in [2.75, 3.05) is 0 Å². The number of hydrogen-bond donors (Lipinski definition) is 0. The molecule has 0 aromatic rings. The van der Waals surface area contributed by atoms with Gasteiger partial charge in [0.05, 0.1) is 0 Å². The molecule has 0 amide bonds. The first-order valence-electron chi connectivity index (χ1n) is 4.02. The van der Waals surface area contributed by atoms with Crippen molar-refractivity contribution in [2.45, 2.75) is 25.0 Å². The Morgan fingerprint density at radius 1 is 1.55 bits per heavy atom. The van der Waals surface area contributed by atoms with Crippen molar-refractivity contribution >= 4 is 0 Å². The van der Waals surface area contributed by atoms with Crippen LogP contribution >= 0.6 is 0 Å². The van der Waals surface area contributed by atoms with E-state index in [1.54, 1.807) is 0 Å². The maximum Gasteiger partial charge on any atom is 0.121 e. The number of epoxide rings is 1. The van der Waals surface area contributed by atoms with Crippen LogP contribution in [0.5, 0.6) is 0 Å². The van der Waals surface area contributed by atoms with Crippen molar-refractivity contribution in [3.63, 3.8) is 0 Å². The van der Waals surface area contributed by atoms with Crippen LogP contribution < -0.4 is 0 Å². The maximum absolute atomic E-state index is 5.54. The van der Waals surface area contributed by atoms with Crippen molar-refractivity contribution in [3.05, 3.63) is 36.5 Å². The molecule has 0 bridgehead atoms. The molecule has 1 heterocycles. The van der Waals surface area contributed by atoms with E-state index in [0.29, 0.717) is 6.10 Å². The molecule has 1 saturated heterocycles. The van der Waals surface area contributed by atoms with E-state index in [0.717, 1.165) is 6.42 Å². The smallest absolute Gasteiger partial charge is 0.121 e. The first kappa shape index (κ1) is 6.86. The van der Waals surface area contributed by atoms with E-state index in [9.17, 15) is 0 Å². The summed E-state index contributed by atoms with van der Waals surface area (Å²) in [6.45, 7) is 2.04. The molecule has 0 saturated carbocycles. The van der Waals surface area contributed by atoms with E-state index in [1.165, 1.54) is 0 Å². The van der Waals surface area contributed by atoms with Gasteiger partial charge in [-0.15, -0.1) is 0 Å². The van der Waals surface area contributed by atoms with E-state index in [1.807, 2.05) is 13.0 Å². The molecule has 1 nitrogen and oxygen atoms in total. The minimum absolute atomic E-state index is 0.0429. The Balaban J connectivity index is 2.05. The van der Waals surface area contributed by atoms with E-state index in [4.69, 9.17) is 4.74 Å². The molecule has 0 aromatic heterocycles. The van der Waals surface area contributed by atoms with Crippen molar-refractivity contribution in [2.24, 2.45) is 0 Å². The summed E-state index contributed by atoms with van der Waals surface area (Å²) in [6, 6.07) is 0. The van der Waals surface area contributed by atoms with Gasteiger partial charge in [0.2, 0.25) is 0 Å². The minimum atomic E-state index is 0.0429. The average Bonchev–Trinajstić information content (AvgIpc) is 2.75. The van der Waals surface area contributed by atoms with Gasteiger partial charge in [-0.1, -0.05) is 30.4 Å². The van der Waals surface area contributed by atoms with Crippen LogP contribution in [0.2, 0.25) is 0 Å². The van der Waals surface area contributed by atoms with Gasteiger partial charge in [-0.3, -0.25) is 0 Å². The van der Waals surface area contributed by atoms with Crippen molar-refractivity contribution in [1.82, 2.24) is 0 Å². The van der Waals surface area contributed by atoms with E-state index in [2.05, 4.69) is 30.4 Å². The van der Waals surface area contributed by atoms with Crippen molar-refractivity contribution in [1.29, 1.82) is 0 Å². The number of allylic oxidation sites excluding steroid dienone is 3. The lowest BCUT2D eigenvalue weighted by molar-refractivity contribution is 0.342. The number of rotatable bonds is 2. The van der Waals surface area contributed by atoms with Gasteiger partial charge in [-0.2, -0.15) is 0 Å². The van der Waals surface area contributed by atoms with Gasteiger partial charge in [0, 0.05) is 6.42 Å². The van der Waals surface area contributed by atoms with E-state index >= 15 is 0 Å². The fourth-order valence-electron chi connectivity index (χ4n) is 1.46. The van der Waals surface area contributed by atoms with Gasteiger partial charge >= 0.3 is 0 Å². The van der Waals surface area contributed by atoms with Gasteiger partial charge in [-0.05, 0) is 13.0 Å². The summed E-state index contributed by atoms with van der Waals surface area (Å²) in [5.41, 5.74) is 0.0429. The van der Waals surface area contributed by atoms with Gasteiger partial charge in [0.25, 0.3) is 0 Å². The highest BCUT2D eigenvalue weighted by atomic mass is 16.6. The minimum Gasteiger partial charge on any atom is -0.357 e. The van der Waals surface area contributed by atoms with Crippen LogP contribution in [0.3, 0.4) is 0 Å². The second-order valence-electron chi connectivity index (χ2n) is 3.01. The van der Waals surface area contributed by atoms with Crippen LogP contribution in [0.25, 0.3) is 0 Å². The van der Waals surface area contributed by atoms with Gasteiger partial charge in [0.15, 0.2) is 0 Å². The lowest BCUT2D eigenvalue weighted by Gasteiger charge is -2.03. The highest BCUT2D eigenvalue weighted by Crippen LogP contribution is 2.44. The Hall–Kier alpha value is -0.820. The van der Waals surface area contributed by atoms with Gasteiger partial charge < -0.3 is 4.74 Å². The first-order chi connectivity index (χ1) is 5.37. The molecule has 58 valence electrons. The number of ether oxygens (including phenoxy) is 1. The largest absolute Gasteiger partial charge is 0.357 e. The SMILES string of the molecule is CC=CCC12C=CC=CC1O2. The molecule has 0 aromatic carbocycles. The second-order valence-corrected chi connectivity index (χ2v) is 3.01. The van der Waals surface area contributed by atoms with Crippen molar-refractivity contribution in [3.8, 4) is 0 Å². The molecule has 2 rings (SSSR count). The monoisotopic (exact) mass is 148 g/mol. The Kier molecular flexibility index (Phi) is 1.46. The summed E-state index contributed by atoms with van der Waals surface area (Å²) in [7, 11) is 0. The highest BCUT2D eigenvalue weighted by molar-refractivity contribution is 5.32. The lowest BCUT2D eigenvalue weighted by Crippen LogP contribution is -2.10. The van der Waals surface area contributed by atoms with Crippen LogP contribution in [0.15, 0.2) is 36.5 Å². The lowest BCUT2D eigenvalue weighted by atomic mass is 9.97. The Morgan fingerprint density at radius 2 is 2.45 bits per heavy atom. The highest BCUT2D eigenvalue weighted by Gasteiger charge is 2.52. The summed E-state index contributed by atoms with van der Waals surface area (Å²) in [6.07, 6.45) is 14.0. The van der Waals surface area contributed by atoms with Crippen LogP contribution in [0, 0.1) is 0 Å². The molecule has 2 unspecified atom stereocenters. The normalized spacial score (nSPS) is 39.5. The van der Waals surface area contributed by atoms with E-state index < -0.39 is 0 Å². The molecule has 0 spiro atoms. The molecule has 2 atom stereocenters. The summed E-state index contributed by atoms with van der Waals surface area (Å²) in [5.74, 6) is 0. The third-order valence-corrected chi connectivity index (χ3v) is 2.22. The Labute approximate surface area is 67.1 Å². The Bertz CT molecular complexity index is 237. The summed E-state index contributed by atoms with van der Waals surface area (Å²) in [4.78, 5) is 0. The third-order valence-electron chi connectivity index (χ3n) is 2.22. The Morgan fingerprint density at radius 3 is 3.18 bits per heavy atom. The predicted octanol–water partition coefficient (Wildman–Crippen LogP) is 2.22. The van der Waals surface area contributed by atoms with Crippen LogP contribution in [0.1, 0.15) is 13.3 Å². The number of hydrogen-bond acceptors (Lipinski definition) is 1.